The second kappa shape index (κ2) is 9.55. The molecule has 0 bridgehead atoms. The van der Waals surface area contributed by atoms with Gasteiger partial charge in [0.15, 0.2) is 0 Å². The van der Waals surface area contributed by atoms with E-state index in [1.165, 1.54) is 5.56 Å². The fourth-order valence-electron chi connectivity index (χ4n) is 4.20. The van der Waals surface area contributed by atoms with Crippen molar-refractivity contribution in [3.63, 3.8) is 0 Å². The van der Waals surface area contributed by atoms with E-state index in [9.17, 15) is 0 Å². The second-order valence-electron chi connectivity index (χ2n) is 8.14. The number of ether oxygens (including phenoxy) is 1. The Morgan fingerprint density at radius 1 is 1.03 bits per heavy atom. The van der Waals surface area contributed by atoms with Gasteiger partial charge in [-0.2, -0.15) is 0 Å². The molecule has 1 unspecified atom stereocenters. The lowest BCUT2D eigenvalue weighted by Gasteiger charge is -2.33. The number of benzene rings is 2. The first kappa shape index (κ1) is 20.7. The van der Waals surface area contributed by atoms with Crippen LogP contribution in [0.2, 0.25) is 5.15 Å². The van der Waals surface area contributed by atoms with Gasteiger partial charge in [-0.3, -0.25) is 4.90 Å². The van der Waals surface area contributed by atoms with Gasteiger partial charge < -0.3 is 10.1 Å². The van der Waals surface area contributed by atoms with Crippen molar-refractivity contribution < 1.29 is 4.74 Å². The minimum atomic E-state index is 0.199. The molecular formula is C26H25ClN4O. The van der Waals surface area contributed by atoms with Crippen LogP contribution in [0.1, 0.15) is 18.4 Å². The molecule has 1 N–H and O–H groups in total. The summed E-state index contributed by atoms with van der Waals surface area (Å²) in [6.45, 7) is 3.03. The van der Waals surface area contributed by atoms with E-state index in [1.807, 2.05) is 18.2 Å². The summed E-state index contributed by atoms with van der Waals surface area (Å²) in [4.78, 5) is 11.1. The molecule has 162 valence electrons. The minimum absolute atomic E-state index is 0.199. The highest BCUT2D eigenvalue weighted by molar-refractivity contribution is 6.29. The molecule has 3 heterocycles. The van der Waals surface area contributed by atoms with E-state index in [-0.39, 0.29) is 6.10 Å². The summed E-state index contributed by atoms with van der Waals surface area (Å²) in [7, 11) is 0. The molecular weight excluding hydrogens is 420 g/mol. The van der Waals surface area contributed by atoms with E-state index in [4.69, 9.17) is 16.3 Å². The summed E-state index contributed by atoms with van der Waals surface area (Å²) >= 11 is 5.89. The van der Waals surface area contributed by atoms with Gasteiger partial charge >= 0.3 is 0 Å². The first-order valence-electron chi connectivity index (χ1n) is 10.9. The third kappa shape index (κ3) is 5.01. The Labute approximate surface area is 193 Å². The Hall–Kier alpha value is -3.15. The Balaban J connectivity index is 1.28. The van der Waals surface area contributed by atoms with Crippen molar-refractivity contribution in [2.24, 2.45) is 0 Å². The Morgan fingerprint density at radius 2 is 1.94 bits per heavy atom. The topological polar surface area (TPSA) is 50.3 Å². The van der Waals surface area contributed by atoms with Gasteiger partial charge in [0.05, 0.1) is 11.9 Å². The number of piperidine rings is 1. The normalized spacial score (nSPS) is 16.7. The van der Waals surface area contributed by atoms with Crippen molar-refractivity contribution in [1.82, 2.24) is 14.9 Å². The monoisotopic (exact) mass is 444 g/mol. The molecule has 0 spiro atoms. The lowest BCUT2D eigenvalue weighted by molar-refractivity contribution is 0.0844. The van der Waals surface area contributed by atoms with E-state index < -0.39 is 0 Å². The number of likely N-dealkylation sites (tertiary alicyclic amines) is 1. The van der Waals surface area contributed by atoms with Gasteiger partial charge in [0.1, 0.15) is 22.8 Å². The molecule has 1 aliphatic heterocycles. The highest BCUT2D eigenvalue weighted by Gasteiger charge is 2.21. The number of hydrogen-bond acceptors (Lipinski definition) is 5. The zero-order valence-corrected chi connectivity index (χ0v) is 18.5. The molecule has 1 saturated heterocycles. The fraction of sp³-hybridized carbons (Fsp3) is 0.231. The predicted octanol–water partition coefficient (Wildman–Crippen LogP) is 6.07. The number of pyridine rings is 2. The third-order valence-corrected chi connectivity index (χ3v) is 5.96. The molecule has 1 aliphatic rings. The number of fused-ring (bicyclic) bond motifs is 1. The van der Waals surface area contributed by atoms with Crippen LogP contribution in [0.15, 0.2) is 79.1 Å². The van der Waals surface area contributed by atoms with Crippen molar-refractivity contribution in [2.75, 3.05) is 18.4 Å². The minimum Gasteiger partial charge on any atom is -0.489 e. The molecule has 0 saturated carbocycles. The molecule has 5 rings (SSSR count). The quantitative estimate of drug-likeness (QED) is 0.366. The van der Waals surface area contributed by atoms with Crippen LogP contribution in [0.5, 0.6) is 5.75 Å². The van der Waals surface area contributed by atoms with Gasteiger partial charge in [0, 0.05) is 24.7 Å². The van der Waals surface area contributed by atoms with Gasteiger partial charge in [-0.15, -0.1) is 0 Å². The number of halogens is 1. The molecule has 0 aliphatic carbocycles. The van der Waals surface area contributed by atoms with E-state index in [0.717, 1.165) is 60.5 Å². The van der Waals surface area contributed by atoms with Crippen molar-refractivity contribution in [3.05, 3.63) is 89.8 Å². The zero-order chi connectivity index (χ0) is 21.8. The number of rotatable bonds is 6. The van der Waals surface area contributed by atoms with Crippen LogP contribution in [-0.2, 0) is 6.54 Å². The van der Waals surface area contributed by atoms with Gasteiger partial charge in [0.25, 0.3) is 0 Å². The lowest BCUT2D eigenvalue weighted by atomic mass is 10.1. The third-order valence-electron chi connectivity index (χ3n) is 5.74. The average molecular weight is 445 g/mol. The summed E-state index contributed by atoms with van der Waals surface area (Å²) in [5.74, 6) is 1.68. The number of anilines is 2. The number of hydrogen-bond donors (Lipinski definition) is 1. The highest BCUT2D eigenvalue weighted by Crippen LogP contribution is 2.29. The lowest BCUT2D eigenvalue weighted by Crippen LogP contribution is -2.40. The summed E-state index contributed by atoms with van der Waals surface area (Å²) in [5, 5.41) is 5.90. The van der Waals surface area contributed by atoms with E-state index >= 15 is 0 Å². The van der Waals surface area contributed by atoms with Gasteiger partial charge in [-0.05, 0) is 66.7 Å². The largest absolute Gasteiger partial charge is 0.489 e. The van der Waals surface area contributed by atoms with Crippen LogP contribution in [-0.4, -0.2) is 34.1 Å². The van der Waals surface area contributed by atoms with Crippen LogP contribution >= 0.6 is 11.6 Å². The maximum atomic E-state index is 6.40. The summed E-state index contributed by atoms with van der Waals surface area (Å²) in [6.07, 6.45) is 5.93. The SMILES string of the molecule is Clc1ccc(Nc2nccc3cc(OC4CCCN(Cc5ccccc5)C4)ccc23)cn1. The second-order valence-corrected chi connectivity index (χ2v) is 8.53. The van der Waals surface area contributed by atoms with E-state index in [2.05, 4.69) is 62.6 Å². The fourth-order valence-corrected chi connectivity index (χ4v) is 4.31. The Bertz CT molecular complexity index is 1180. The molecule has 1 fully saturated rings. The van der Waals surface area contributed by atoms with Crippen molar-refractivity contribution in [1.29, 1.82) is 0 Å². The van der Waals surface area contributed by atoms with Gasteiger partial charge in [0.2, 0.25) is 0 Å². The summed E-state index contributed by atoms with van der Waals surface area (Å²) in [6, 6.07) is 22.5. The summed E-state index contributed by atoms with van der Waals surface area (Å²) in [5.41, 5.74) is 2.19. The smallest absolute Gasteiger partial charge is 0.138 e. The Kier molecular flexibility index (Phi) is 6.19. The number of aromatic nitrogens is 2. The van der Waals surface area contributed by atoms with Crippen LogP contribution in [0.25, 0.3) is 10.8 Å². The van der Waals surface area contributed by atoms with Crippen molar-refractivity contribution >= 4 is 33.9 Å². The molecule has 5 nitrogen and oxygen atoms in total. The van der Waals surface area contributed by atoms with Crippen molar-refractivity contribution in [3.8, 4) is 5.75 Å². The maximum absolute atomic E-state index is 6.40. The summed E-state index contributed by atoms with van der Waals surface area (Å²) < 4.78 is 6.40. The van der Waals surface area contributed by atoms with Crippen LogP contribution < -0.4 is 10.1 Å². The standard InChI is InChI=1S/C26H25ClN4O/c27-25-11-8-21(16-29-25)30-26-24-10-9-22(15-20(24)12-13-28-26)32-23-7-4-14-31(18-23)17-19-5-2-1-3-6-19/h1-3,5-6,8-13,15-16,23H,4,7,14,17-18H2,(H,28,30). The zero-order valence-electron chi connectivity index (χ0n) is 17.7. The molecule has 0 radical (unpaired) electrons. The molecule has 0 amide bonds. The number of nitrogens with one attached hydrogen (secondary N) is 1. The van der Waals surface area contributed by atoms with Gasteiger partial charge in [-0.25, -0.2) is 9.97 Å². The van der Waals surface area contributed by atoms with Crippen molar-refractivity contribution in [2.45, 2.75) is 25.5 Å². The molecule has 6 heteroatoms. The molecule has 2 aromatic carbocycles. The Morgan fingerprint density at radius 3 is 2.78 bits per heavy atom. The van der Waals surface area contributed by atoms with Crippen LogP contribution in [0, 0.1) is 0 Å². The molecule has 2 aromatic heterocycles. The first-order valence-corrected chi connectivity index (χ1v) is 11.3. The molecule has 1 atom stereocenters. The molecule has 4 aromatic rings. The predicted molar refractivity (Wildman–Crippen MR) is 130 cm³/mol. The van der Waals surface area contributed by atoms with Crippen LogP contribution in [0.3, 0.4) is 0 Å². The molecule has 32 heavy (non-hydrogen) atoms. The van der Waals surface area contributed by atoms with E-state index in [0.29, 0.717) is 5.15 Å². The first-order chi connectivity index (χ1) is 15.7. The maximum Gasteiger partial charge on any atom is 0.138 e. The van der Waals surface area contributed by atoms with E-state index in [1.54, 1.807) is 18.5 Å². The number of nitrogens with zero attached hydrogens (tertiary/aromatic N) is 3. The highest BCUT2D eigenvalue weighted by atomic mass is 35.5. The average Bonchev–Trinajstić information content (AvgIpc) is 2.81. The van der Waals surface area contributed by atoms with Crippen LogP contribution in [0.4, 0.5) is 11.5 Å². The van der Waals surface area contributed by atoms with Gasteiger partial charge in [-0.1, -0.05) is 41.9 Å².